The zero-order valence-electron chi connectivity index (χ0n) is 15.9. The highest BCUT2D eigenvalue weighted by Crippen LogP contribution is 2.38. The van der Waals surface area contributed by atoms with Crippen molar-refractivity contribution in [3.63, 3.8) is 0 Å². The molecule has 29 heavy (non-hydrogen) atoms. The van der Waals surface area contributed by atoms with Crippen LogP contribution in [0.3, 0.4) is 0 Å². The third kappa shape index (κ3) is 3.37. The van der Waals surface area contributed by atoms with Gasteiger partial charge in [0.2, 0.25) is 5.91 Å². The fourth-order valence-electron chi connectivity index (χ4n) is 4.18. The first kappa shape index (κ1) is 17.8. The lowest BCUT2D eigenvalue weighted by atomic mass is 10.0. The Labute approximate surface area is 168 Å². The topological polar surface area (TPSA) is 77.1 Å². The largest absolute Gasteiger partial charge is 0.486 e. The van der Waals surface area contributed by atoms with E-state index in [0.29, 0.717) is 31.2 Å². The third-order valence-electron chi connectivity index (χ3n) is 5.59. The van der Waals surface area contributed by atoms with E-state index < -0.39 is 6.10 Å². The molecular formula is C22H22N2O5. The average Bonchev–Trinajstić information content (AvgIpc) is 3.24. The van der Waals surface area contributed by atoms with Crippen LogP contribution >= 0.6 is 0 Å². The number of nitrogens with one attached hydrogen (secondary N) is 1. The summed E-state index contributed by atoms with van der Waals surface area (Å²) in [5, 5.41) is 2.82. The molecule has 7 heteroatoms. The highest BCUT2D eigenvalue weighted by Gasteiger charge is 2.35. The molecule has 5 rings (SSSR count). The minimum atomic E-state index is -0.820. The van der Waals surface area contributed by atoms with Crippen LogP contribution in [0.1, 0.15) is 30.9 Å². The number of benzene rings is 2. The molecule has 0 radical (unpaired) electrons. The van der Waals surface area contributed by atoms with Crippen molar-refractivity contribution in [3.05, 3.63) is 48.0 Å². The number of amides is 2. The standard InChI is InChI=1S/C22H22N2O5/c25-21(13-20-22(26)23-15-4-1-2-6-17(15)29-20)24-9-3-5-16(24)14-7-8-18-19(12-14)28-11-10-27-18/h1-2,4,6-8,12,16,20H,3,5,9-11,13H2,(H,23,26)/t16-,20+/m1/s1. The van der Waals surface area contributed by atoms with E-state index in [2.05, 4.69) is 5.32 Å². The molecule has 3 aliphatic rings. The van der Waals surface area contributed by atoms with Crippen LogP contribution < -0.4 is 19.5 Å². The first-order chi connectivity index (χ1) is 14.2. The van der Waals surface area contributed by atoms with E-state index in [1.54, 1.807) is 12.1 Å². The molecular weight excluding hydrogens is 372 g/mol. The van der Waals surface area contributed by atoms with Crippen molar-refractivity contribution < 1.29 is 23.8 Å². The second kappa shape index (κ2) is 7.31. The number of para-hydroxylation sites is 2. The average molecular weight is 394 g/mol. The number of carbonyl (C=O) groups is 2. The van der Waals surface area contributed by atoms with E-state index in [0.717, 1.165) is 29.9 Å². The second-order valence-corrected chi connectivity index (χ2v) is 7.44. The molecule has 0 spiro atoms. The van der Waals surface area contributed by atoms with E-state index in [4.69, 9.17) is 14.2 Å². The van der Waals surface area contributed by atoms with Crippen LogP contribution in [0.4, 0.5) is 5.69 Å². The van der Waals surface area contributed by atoms with Crippen LogP contribution in [-0.2, 0) is 9.59 Å². The van der Waals surface area contributed by atoms with Crippen molar-refractivity contribution in [2.45, 2.75) is 31.4 Å². The Kier molecular flexibility index (Phi) is 4.50. The Morgan fingerprint density at radius 1 is 1.07 bits per heavy atom. The van der Waals surface area contributed by atoms with Gasteiger partial charge in [-0.3, -0.25) is 9.59 Å². The quantitative estimate of drug-likeness (QED) is 0.866. The number of fused-ring (bicyclic) bond motifs is 2. The van der Waals surface area contributed by atoms with Crippen LogP contribution in [0.15, 0.2) is 42.5 Å². The number of hydrogen-bond acceptors (Lipinski definition) is 5. The molecule has 3 heterocycles. The molecule has 1 fully saturated rings. The summed E-state index contributed by atoms with van der Waals surface area (Å²) in [6, 6.07) is 13.1. The molecule has 2 atom stereocenters. The minimum absolute atomic E-state index is 0.0151. The normalized spacial score (nSPS) is 22.5. The highest BCUT2D eigenvalue weighted by atomic mass is 16.6. The van der Waals surface area contributed by atoms with E-state index in [9.17, 15) is 9.59 Å². The lowest BCUT2D eigenvalue weighted by Gasteiger charge is -2.30. The van der Waals surface area contributed by atoms with Gasteiger partial charge in [0.25, 0.3) is 5.91 Å². The Morgan fingerprint density at radius 2 is 1.90 bits per heavy atom. The van der Waals surface area contributed by atoms with Crippen molar-refractivity contribution >= 4 is 17.5 Å². The van der Waals surface area contributed by atoms with Crippen molar-refractivity contribution in [3.8, 4) is 17.2 Å². The fourth-order valence-corrected chi connectivity index (χ4v) is 4.18. The van der Waals surface area contributed by atoms with Crippen molar-refractivity contribution in [1.82, 2.24) is 4.90 Å². The van der Waals surface area contributed by atoms with Crippen LogP contribution in [0.25, 0.3) is 0 Å². The van der Waals surface area contributed by atoms with Gasteiger partial charge < -0.3 is 24.4 Å². The predicted molar refractivity (Wildman–Crippen MR) is 105 cm³/mol. The van der Waals surface area contributed by atoms with Gasteiger partial charge in [-0.2, -0.15) is 0 Å². The molecule has 7 nitrogen and oxygen atoms in total. The molecule has 3 aliphatic heterocycles. The lowest BCUT2D eigenvalue weighted by molar-refractivity contribution is -0.137. The lowest BCUT2D eigenvalue weighted by Crippen LogP contribution is -2.42. The van der Waals surface area contributed by atoms with Gasteiger partial charge in [-0.25, -0.2) is 0 Å². The minimum Gasteiger partial charge on any atom is -0.486 e. The molecule has 0 aliphatic carbocycles. The van der Waals surface area contributed by atoms with E-state index in [1.165, 1.54) is 0 Å². The Balaban J connectivity index is 1.31. The maximum atomic E-state index is 13.1. The molecule has 1 N–H and O–H groups in total. The van der Waals surface area contributed by atoms with Gasteiger partial charge in [0.15, 0.2) is 17.6 Å². The van der Waals surface area contributed by atoms with Gasteiger partial charge in [-0.05, 0) is 42.7 Å². The van der Waals surface area contributed by atoms with Gasteiger partial charge in [-0.1, -0.05) is 18.2 Å². The fraction of sp³-hybridized carbons (Fsp3) is 0.364. The highest BCUT2D eigenvalue weighted by molar-refractivity contribution is 6.00. The number of ether oxygens (including phenoxy) is 3. The summed E-state index contributed by atoms with van der Waals surface area (Å²) < 4.78 is 17.1. The molecule has 0 unspecified atom stereocenters. The molecule has 2 amide bonds. The number of anilines is 1. The zero-order valence-corrected chi connectivity index (χ0v) is 15.9. The number of likely N-dealkylation sites (tertiary alicyclic amines) is 1. The van der Waals surface area contributed by atoms with Crippen molar-refractivity contribution in [2.24, 2.45) is 0 Å². The first-order valence-corrected chi connectivity index (χ1v) is 9.94. The third-order valence-corrected chi connectivity index (χ3v) is 5.59. The molecule has 2 aromatic rings. The predicted octanol–water partition coefficient (Wildman–Crippen LogP) is 2.91. The maximum Gasteiger partial charge on any atom is 0.266 e. The summed E-state index contributed by atoms with van der Waals surface area (Å²) in [5.41, 5.74) is 1.66. The summed E-state index contributed by atoms with van der Waals surface area (Å²) in [5.74, 6) is 1.69. The Bertz CT molecular complexity index is 960. The van der Waals surface area contributed by atoms with Gasteiger partial charge >= 0.3 is 0 Å². The molecule has 150 valence electrons. The van der Waals surface area contributed by atoms with E-state index >= 15 is 0 Å². The summed E-state index contributed by atoms with van der Waals surface area (Å²) >= 11 is 0. The molecule has 0 bridgehead atoms. The van der Waals surface area contributed by atoms with E-state index in [-0.39, 0.29) is 24.3 Å². The number of hydrogen-bond donors (Lipinski definition) is 1. The van der Waals surface area contributed by atoms with Gasteiger partial charge in [0.1, 0.15) is 19.0 Å². The van der Waals surface area contributed by atoms with Crippen LogP contribution in [0, 0.1) is 0 Å². The Morgan fingerprint density at radius 3 is 2.79 bits per heavy atom. The van der Waals surface area contributed by atoms with Crippen LogP contribution in [-0.4, -0.2) is 42.6 Å². The van der Waals surface area contributed by atoms with Crippen molar-refractivity contribution in [1.29, 1.82) is 0 Å². The SMILES string of the molecule is O=C1Nc2ccccc2O[C@H]1CC(=O)N1CCC[C@@H]1c1ccc2c(c1)OCCO2. The summed E-state index contributed by atoms with van der Waals surface area (Å²) in [4.78, 5) is 27.3. The maximum absolute atomic E-state index is 13.1. The molecule has 1 saturated heterocycles. The smallest absolute Gasteiger partial charge is 0.266 e. The number of rotatable bonds is 3. The number of carbonyl (C=O) groups excluding carboxylic acids is 2. The summed E-state index contributed by atoms with van der Waals surface area (Å²) in [7, 11) is 0. The number of nitrogens with zero attached hydrogens (tertiary/aromatic N) is 1. The summed E-state index contributed by atoms with van der Waals surface area (Å²) in [6.45, 7) is 1.75. The molecule has 2 aromatic carbocycles. The molecule has 0 aromatic heterocycles. The van der Waals surface area contributed by atoms with Gasteiger partial charge in [0.05, 0.1) is 18.2 Å². The Hall–Kier alpha value is -3.22. The van der Waals surface area contributed by atoms with Crippen LogP contribution in [0.2, 0.25) is 0 Å². The molecule has 0 saturated carbocycles. The first-order valence-electron chi connectivity index (χ1n) is 9.94. The summed E-state index contributed by atoms with van der Waals surface area (Å²) in [6.07, 6.45) is 0.998. The van der Waals surface area contributed by atoms with Crippen molar-refractivity contribution in [2.75, 3.05) is 25.1 Å². The van der Waals surface area contributed by atoms with Crippen LogP contribution in [0.5, 0.6) is 17.2 Å². The second-order valence-electron chi connectivity index (χ2n) is 7.44. The van der Waals surface area contributed by atoms with Gasteiger partial charge in [0, 0.05) is 6.54 Å². The zero-order chi connectivity index (χ0) is 19.8. The monoisotopic (exact) mass is 394 g/mol. The van der Waals surface area contributed by atoms with E-state index in [1.807, 2.05) is 35.2 Å². The van der Waals surface area contributed by atoms with Gasteiger partial charge in [-0.15, -0.1) is 0 Å².